The molecule has 0 saturated carbocycles. The van der Waals surface area contributed by atoms with Crippen LogP contribution in [0.3, 0.4) is 0 Å². The number of nitrogens with one attached hydrogen (secondary N) is 1. The Hall–Kier alpha value is -3.93. The van der Waals surface area contributed by atoms with Crippen molar-refractivity contribution in [3.63, 3.8) is 0 Å². The predicted octanol–water partition coefficient (Wildman–Crippen LogP) is 3.46. The number of fused-ring (bicyclic) bond motifs is 1. The quantitative estimate of drug-likeness (QED) is 0.413. The van der Waals surface area contributed by atoms with Gasteiger partial charge in [-0.05, 0) is 30.7 Å². The summed E-state index contributed by atoms with van der Waals surface area (Å²) < 4.78 is 3.60. The van der Waals surface area contributed by atoms with Gasteiger partial charge in [-0.3, -0.25) is 9.59 Å². The average molecular weight is 398 g/mol. The van der Waals surface area contributed by atoms with Crippen molar-refractivity contribution in [3.8, 4) is 0 Å². The Kier molecular flexibility index (Phi) is 5.30. The highest BCUT2D eigenvalue weighted by Crippen LogP contribution is 2.22. The molecule has 4 aromatic rings. The van der Waals surface area contributed by atoms with Crippen LogP contribution in [-0.4, -0.2) is 21.3 Å². The number of carbonyl (C=O) groups excluding carboxylic acids is 1. The molecule has 0 unspecified atom stereocenters. The number of carbonyl (C=O) groups is 1. The molecule has 1 N–H and O–H groups in total. The molecular weight excluding hydrogens is 376 g/mol. The molecule has 4 rings (SSSR count). The van der Waals surface area contributed by atoms with Crippen LogP contribution in [0.4, 0.5) is 0 Å². The number of para-hydroxylation sites is 1. The molecule has 0 bridgehead atoms. The molecule has 2 aromatic heterocycles. The number of hydrogen-bond donors (Lipinski definition) is 1. The Balaban J connectivity index is 1.55. The number of rotatable bonds is 5. The zero-order valence-corrected chi connectivity index (χ0v) is 16.9. The maximum Gasteiger partial charge on any atom is 0.276 e. The third kappa shape index (κ3) is 3.67. The molecule has 1 amide bonds. The van der Waals surface area contributed by atoms with Crippen LogP contribution < -0.4 is 11.0 Å². The lowest BCUT2D eigenvalue weighted by Gasteiger charge is -2.07. The van der Waals surface area contributed by atoms with Gasteiger partial charge in [0.1, 0.15) is 5.56 Å². The number of hydrogen-bond acceptors (Lipinski definition) is 3. The first-order valence-electron chi connectivity index (χ1n) is 9.67. The first kappa shape index (κ1) is 19.4. The lowest BCUT2D eigenvalue weighted by Crippen LogP contribution is -2.30. The van der Waals surface area contributed by atoms with Crippen molar-refractivity contribution in [2.75, 3.05) is 0 Å². The van der Waals surface area contributed by atoms with E-state index in [0.29, 0.717) is 6.54 Å². The smallest absolute Gasteiger partial charge is 0.276 e. The monoisotopic (exact) mass is 398 g/mol. The van der Waals surface area contributed by atoms with Crippen LogP contribution >= 0.6 is 0 Å². The highest BCUT2D eigenvalue weighted by Gasteiger charge is 2.13. The number of aromatic nitrogens is 2. The molecule has 0 aliphatic rings. The molecule has 0 saturated heterocycles. The zero-order valence-electron chi connectivity index (χ0n) is 16.9. The highest BCUT2D eigenvalue weighted by atomic mass is 16.2. The third-order valence-electron chi connectivity index (χ3n) is 5.27. The van der Waals surface area contributed by atoms with Crippen molar-refractivity contribution in [1.82, 2.24) is 14.6 Å². The summed E-state index contributed by atoms with van der Waals surface area (Å²) in [6.07, 6.45) is 3.30. The van der Waals surface area contributed by atoms with Gasteiger partial charge in [0.15, 0.2) is 0 Å². The van der Waals surface area contributed by atoms with Gasteiger partial charge in [-0.1, -0.05) is 48.5 Å². The van der Waals surface area contributed by atoms with E-state index in [9.17, 15) is 9.59 Å². The fraction of sp³-hybridized carbons (Fsp3) is 0.125. The number of nitrogens with zero attached hydrogens (tertiary/aromatic N) is 3. The first-order chi connectivity index (χ1) is 14.6. The van der Waals surface area contributed by atoms with Crippen LogP contribution in [0.15, 0.2) is 82.8 Å². The number of hydrazone groups is 1. The predicted molar refractivity (Wildman–Crippen MR) is 119 cm³/mol. The van der Waals surface area contributed by atoms with Crippen LogP contribution in [0.2, 0.25) is 0 Å². The number of aryl methyl sites for hydroxylation is 1. The van der Waals surface area contributed by atoms with E-state index in [1.54, 1.807) is 18.5 Å². The van der Waals surface area contributed by atoms with E-state index in [2.05, 4.69) is 15.1 Å². The van der Waals surface area contributed by atoms with E-state index in [0.717, 1.165) is 27.7 Å². The maximum atomic E-state index is 12.7. The van der Waals surface area contributed by atoms with Crippen LogP contribution in [0, 0.1) is 6.92 Å². The average Bonchev–Trinajstić information content (AvgIpc) is 3.01. The van der Waals surface area contributed by atoms with Crippen molar-refractivity contribution in [2.45, 2.75) is 13.5 Å². The van der Waals surface area contributed by atoms with Gasteiger partial charge in [-0.25, -0.2) is 5.43 Å². The summed E-state index contributed by atoms with van der Waals surface area (Å²) in [7, 11) is 1.99. The van der Waals surface area contributed by atoms with E-state index in [4.69, 9.17) is 0 Å². The molecule has 6 heteroatoms. The summed E-state index contributed by atoms with van der Waals surface area (Å²) in [5.74, 6) is -0.531. The van der Waals surface area contributed by atoms with E-state index in [1.807, 2.05) is 68.6 Å². The molecule has 2 aromatic carbocycles. The van der Waals surface area contributed by atoms with Gasteiger partial charge in [0.25, 0.3) is 11.5 Å². The van der Waals surface area contributed by atoms with Crippen LogP contribution in [0.25, 0.3) is 10.9 Å². The van der Waals surface area contributed by atoms with Crippen LogP contribution in [0.5, 0.6) is 0 Å². The minimum Gasteiger partial charge on any atom is -0.347 e. The molecule has 150 valence electrons. The summed E-state index contributed by atoms with van der Waals surface area (Å²) in [6, 6.07) is 20.9. The standard InChI is InChI=1S/C24H22N4O2/c1-17-21(19-11-6-7-13-22(19)27(17)2)15-25-26-23(29)20-12-8-14-28(24(20)30)16-18-9-4-3-5-10-18/h3-15H,16H2,1-2H3,(H,26,29)/b25-15-. The molecule has 0 aliphatic heterocycles. The van der Waals surface area contributed by atoms with Gasteiger partial charge in [0.2, 0.25) is 0 Å². The normalized spacial score (nSPS) is 11.3. The van der Waals surface area contributed by atoms with Crippen molar-refractivity contribution in [2.24, 2.45) is 12.1 Å². The lowest BCUT2D eigenvalue weighted by atomic mass is 10.1. The molecule has 0 fully saturated rings. The van der Waals surface area contributed by atoms with E-state index >= 15 is 0 Å². The number of pyridine rings is 1. The van der Waals surface area contributed by atoms with Crippen LogP contribution in [-0.2, 0) is 13.6 Å². The fourth-order valence-electron chi connectivity index (χ4n) is 3.54. The molecule has 6 nitrogen and oxygen atoms in total. The van der Waals surface area contributed by atoms with Gasteiger partial charge in [0, 0.05) is 35.4 Å². The van der Waals surface area contributed by atoms with E-state index < -0.39 is 5.91 Å². The third-order valence-corrected chi connectivity index (χ3v) is 5.27. The van der Waals surface area contributed by atoms with Crippen molar-refractivity contribution >= 4 is 23.0 Å². The summed E-state index contributed by atoms with van der Waals surface area (Å²) in [5.41, 5.74) is 6.25. The van der Waals surface area contributed by atoms with Crippen LogP contribution in [0.1, 0.15) is 27.2 Å². The summed E-state index contributed by atoms with van der Waals surface area (Å²) in [6.45, 7) is 2.40. The molecule has 0 atom stereocenters. The summed E-state index contributed by atoms with van der Waals surface area (Å²) in [4.78, 5) is 25.3. The lowest BCUT2D eigenvalue weighted by molar-refractivity contribution is 0.0953. The van der Waals surface area contributed by atoms with Crippen molar-refractivity contribution < 1.29 is 4.79 Å². The minimum absolute atomic E-state index is 0.0558. The Bertz CT molecular complexity index is 1300. The van der Waals surface area contributed by atoms with E-state index in [-0.39, 0.29) is 11.1 Å². The molecule has 0 radical (unpaired) electrons. The maximum absolute atomic E-state index is 12.7. The first-order valence-corrected chi connectivity index (χ1v) is 9.67. The van der Waals surface area contributed by atoms with Gasteiger partial charge in [-0.2, -0.15) is 5.10 Å². The summed E-state index contributed by atoms with van der Waals surface area (Å²) >= 11 is 0. The second-order valence-electron chi connectivity index (χ2n) is 7.11. The SMILES string of the molecule is Cc1c(/C=N\NC(=O)c2cccn(Cc3ccccc3)c2=O)c2ccccc2n1C. The Labute approximate surface area is 174 Å². The molecular formula is C24H22N4O2. The number of amides is 1. The van der Waals surface area contributed by atoms with Crippen molar-refractivity contribution in [1.29, 1.82) is 0 Å². The topological polar surface area (TPSA) is 68.4 Å². The minimum atomic E-state index is -0.531. The Morgan fingerprint density at radius 1 is 1.03 bits per heavy atom. The highest BCUT2D eigenvalue weighted by molar-refractivity contribution is 6.02. The Morgan fingerprint density at radius 2 is 1.77 bits per heavy atom. The molecule has 0 aliphatic carbocycles. The van der Waals surface area contributed by atoms with Crippen molar-refractivity contribution in [3.05, 3.63) is 106 Å². The largest absolute Gasteiger partial charge is 0.347 e. The van der Waals surface area contributed by atoms with Gasteiger partial charge in [0.05, 0.1) is 12.8 Å². The second kappa shape index (κ2) is 8.21. The molecule has 2 heterocycles. The number of benzene rings is 2. The van der Waals surface area contributed by atoms with E-state index in [1.165, 1.54) is 10.6 Å². The summed E-state index contributed by atoms with van der Waals surface area (Å²) in [5, 5.41) is 5.17. The fourth-order valence-corrected chi connectivity index (χ4v) is 3.54. The zero-order chi connectivity index (χ0) is 21.1. The molecule has 0 spiro atoms. The van der Waals surface area contributed by atoms with Gasteiger partial charge in [-0.15, -0.1) is 0 Å². The Morgan fingerprint density at radius 3 is 2.57 bits per heavy atom. The second-order valence-corrected chi connectivity index (χ2v) is 7.11. The van der Waals surface area contributed by atoms with Gasteiger partial charge >= 0.3 is 0 Å². The molecule has 30 heavy (non-hydrogen) atoms. The van der Waals surface area contributed by atoms with Gasteiger partial charge < -0.3 is 9.13 Å².